The number of thioether (sulfide) groups is 1. The number of hydrogen-bond acceptors (Lipinski definition) is 4. The van der Waals surface area contributed by atoms with Crippen molar-refractivity contribution in [2.45, 2.75) is 45.7 Å². The van der Waals surface area contributed by atoms with Crippen molar-refractivity contribution >= 4 is 17.7 Å². The summed E-state index contributed by atoms with van der Waals surface area (Å²) in [6.07, 6.45) is 1.03. The molecule has 0 amide bonds. The molecule has 1 fully saturated rings. The van der Waals surface area contributed by atoms with Crippen molar-refractivity contribution in [3.63, 3.8) is 0 Å². The fourth-order valence-electron chi connectivity index (χ4n) is 2.26. The summed E-state index contributed by atoms with van der Waals surface area (Å²) in [6.45, 7) is 8.44. The van der Waals surface area contributed by atoms with Crippen molar-refractivity contribution in [1.82, 2.24) is 5.32 Å². The molecule has 0 aromatic carbocycles. The fraction of sp³-hybridized carbons (Fsp3) is 0.917. The molecule has 1 N–H and O–H groups in total. The van der Waals surface area contributed by atoms with Crippen LogP contribution >= 0.6 is 11.8 Å². The topological polar surface area (TPSA) is 38.3 Å². The third kappa shape index (κ3) is 2.38. The number of nitrogens with one attached hydrogen (secondary N) is 1. The zero-order valence-electron chi connectivity index (χ0n) is 10.9. The van der Waals surface area contributed by atoms with Gasteiger partial charge in [0, 0.05) is 11.8 Å². The van der Waals surface area contributed by atoms with Crippen molar-refractivity contribution in [3.05, 3.63) is 0 Å². The Hall–Kier alpha value is -0.220. The number of carbonyl (C=O) groups is 1. The van der Waals surface area contributed by atoms with E-state index >= 15 is 0 Å². The number of methoxy groups -OCH3 is 1. The van der Waals surface area contributed by atoms with E-state index in [2.05, 4.69) is 33.0 Å². The second-order valence-electron chi connectivity index (χ2n) is 5.38. The lowest BCUT2D eigenvalue weighted by Crippen LogP contribution is -2.67. The van der Waals surface area contributed by atoms with Crippen LogP contribution in [0.1, 0.15) is 34.1 Å². The summed E-state index contributed by atoms with van der Waals surface area (Å²) in [5, 5.41) is 3.44. The number of rotatable bonds is 3. The van der Waals surface area contributed by atoms with Gasteiger partial charge in [-0.3, -0.25) is 10.1 Å². The van der Waals surface area contributed by atoms with Crippen molar-refractivity contribution in [2.24, 2.45) is 5.41 Å². The summed E-state index contributed by atoms with van der Waals surface area (Å²) in [5.41, 5.74) is -0.603. The largest absolute Gasteiger partial charge is 0.468 e. The van der Waals surface area contributed by atoms with Gasteiger partial charge < -0.3 is 4.74 Å². The molecule has 1 heterocycles. The van der Waals surface area contributed by atoms with Gasteiger partial charge in [0.05, 0.1) is 7.11 Å². The van der Waals surface area contributed by atoms with E-state index in [1.807, 2.05) is 11.8 Å². The maximum Gasteiger partial charge on any atom is 0.327 e. The average Bonchev–Trinajstić information content (AvgIpc) is 2.19. The van der Waals surface area contributed by atoms with Crippen molar-refractivity contribution < 1.29 is 9.53 Å². The van der Waals surface area contributed by atoms with Gasteiger partial charge in [-0.05, 0) is 31.4 Å². The van der Waals surface area contributed by atoms with Gasteiger partial charge in [0.1, 0.15) is 5.54 Å². The molecule has 0 radical (unpaired) electrons. The zero-order valence-corrected chi connectivity index (χ0v) is 11.7. The Morgan fingerprint density at radius 1 is 1.44 bits per heavy atom. The van der Waals surface area contributed by atoms with E-state index in [0.29, 0.717) is 0 Å². The van der Waals surface area contributed by atoms with Crippen molar-refractivity contribution in [1.29, 1.82) is 0 Å². The lowest BCUT2D eigenvalue weighted by molar-refractivity contribution is -0.153. The van der Waals surface area contributed by atoms with Crippen LogP contribution in [-0.2, 0) is 9.53 Å². The first-order valence-electron chi connectivity index (χ1n) is 5.79. The lowest BCUT2D eigenvalue weighted by Gasteiger charge is -2.48. The summed E-state index contributed by atoms with van der Waals surface area (Å²) in [7, 11) is 1.47. The predicted octanol–water partition coefficient (Wildman–Crippen LogP) is 2.06. The summed E-state index contributed by atoms with van der Waals surface area (Å²) < 4.78 is 5.01. The van der Waals surface area contributed by atoms with Crippen LogP contribution in [0.15, 0.2) is 0 Å². The molecule has 0 saturated carbocycles. The molecule has 16 heavy (non-hydrogen) atoms. The third-order valence-electron chi connectivity index (χ3n) is 3.41. The summed E-state index contributed by atoms with van der Waals surface area (Å²) in [4.78, 5) is 12.1. The van der Waals surface area contributed by atoms with Crippen LogP contribution in [0.25, 0.3) is 0 Å². The highest BCUT2D eigenvalue weighted by Crippen LogP contribution is 2.43. The SMILES string of the molecule is COC(=O)C1(NC(C)C)CSCCC1(C)C. The molecule has 1 unspecified atom stereocenters. The standard InChI is InChI=1S/C12H23NO2S/c1-9(2)13-12(10(14)15-5)8-16-7-6-11(12,3)4/h9,13H,6-8H2,1-5H3. The first-order valence-corrected chi connectivity index (χ1v) is 6.95. The molecule has 1 aliphatic rings. The van der Waals surface area contributed by atoms with Gasteiger partial charge in [0.2, 0.25) is 0 Å². The molecule has 0 aromatic rings. The Kier molecular flexibility index (Phi) is 4.29. The summed E-state index contributed by atoms with van der Waals surface area (Å²) in [6, 6.07) is 0.275. The van der Waals surface area contributed by atoms with Crippen LogP contribution in [0.4, 0.5) is 0 Å². The van der Waals surface area contributed by atoms with Gasteiger partial charge >= 0.3 is 5.97 Å². The van der Waals surface area contributed by atoms with E-state index in [9.17, 15) is 4.79 Å². The number of esters is 1. The Morgan fingerprint density at radius 3 is 2.50 bits per heavy atom. The monoisotopic (exact) mass is 245 g/mol. The smallest absolute Gasteiger partial charge is 0.327 e. The van der Waals surface area contributed by atoms with Crippen molar-refractivity contribution in [3.8, 4) is 0 Å². The van der Waals surface area contributed by atoms with Gasteiger partial charge in [-0.1, -0.05) is 13.8 Å². The molecule has 3 nitrogen and oxygen atoms in total. The minimum Gasteiger partial charge on any atom is -0.468 e. The van der Waals surface area contributed by atoms with E-state index in [0.717, 1.165) is 17.9 Å². The van der Waals surface area contributed by atoms with Crippen LogP contribution in [-0.4, -0.2) is 36.2 Å². The van der Waals surface area contributed by atoms with E-state index in [-0.39, 0.29) is 17.4 Å². The molecule has 1 atom stereocenters. The predicted molar refractivity (Wildman–Crippen MR) is 68.7 cm³/mol. The number of ether oxygens (including phenoxy) is 1. The highest BCUT2D eigenvalue weighted by atomic mass is 32.2. The minimum absolute atomic E-state index is 0.0599. The van der Waals surface area contributed by atoms with E-state index < -0.39 is 5.54 Å². The Labute approximate surface area is 103 Å². The Morgan fingerprint density at radius 2 is 2.06 bits per heavy atom. The quantitative estimate of drug-likeness (QED) is 0.772. The molecule has 1 saturated heterocycles. The molecule has 1 aliphatic heterocycles. The average molecular weight is 245 g/mol. The maximum absolute atomic E-state index is 12.1. The van der Waals surface area contributed by atoms with Gasteiger partial charge in [0.25, 0.3) is 0 Å². The van der Waals surface area contributed by atoms with Crippen LogP contribution in [0, 0.1) is 5.41 Å². The molecule has 94 valence electrons. The van der Waals surface area contributed by atoms with E-state index in [1.54, 1.807) is 0 Å². The highest BCUT2D eigenvalue weighted by molar-refractivity contribution is 7.99. The minimum atomic E-state index is -0.543. The molecule has 1 rings (SSSR count). The molecular weight excluding hydrogens is 222 g/mol. The van der Waals surface area contributed by atoms with Gasteiger partial charge in [-0.25, -0.2) is 0 Å². The fourth-order valence-corrected chi connectivity index (χ4v) is 3.96. The highest BCUT2D eigenvalue weighted by Gasteiger charge is 2.53. The molecule has 0 aromatic heterocycles. The van der Waals surface area contributed by atoms with Crippen LogP contribution in [0.5, 0.6) is 0 Å². The second kappa shape index (κ2) is 4.96. The van der Waals surface area contributed by atoms with E-state index in [4.69, 9.17) is 4.74 Å². The Bertz CT molecular complexity index is 266. The molecule has 0 aliphatic carbocycles. The van der Waals surface area contributed by atoms with E-state index in [1.165, 1.54) is 7.11 Å². The second-order valence-corrected chi connectivity index (χ2v) is 6.49. The van der Waals surface area contributed by atoms with Gasteiger partial charge in [0.15, 0.2) is 0 Å². The molecule has 4 heteroatoms. The van der Waals surface area contributed by atoms with Crippen LogP contribution in [0.2, 0.25) is 0 Å². The first kappa shape index (κ1) is 13.8. The maximum atomic E-state index is 12.1. The summed E-state index contributed by atoms with van der Waals surface area (Å²) in [5.74, 6) is 1.79. The third-order valence-corrected chi connectivity index (χ3v) is 4.54. The molecule has 0 spiro atoms. The van der Waals surface area contributed by atoms with Crippen LogP contribution < -0.4 is 5.32 Å². The van der Waals surface area contributed by atoms with Gasteiger partial charge in [-0.15, -0.1) is 0 Å². The zero-order chi connectivity index (χ0) is 12.4. The lowest BCUT2D eigenvalue weighted by atomic mass is 9.70. The van der Waals surface area contributed by atoms with Crippen molar-refractivity contribution in [2.75, 3.05) is 18.6 Å². The van der Waals surface area contributed by atoms with Gasteiger partial charge in [-0.2, -0.15) is 11.8 Å². The first-order chi connectivity index (χ1) is 7.35. The molecular formula is C12H23NO2S. The molecule has 0 bridgehead atoms. The number of carbonyl (C=O) groups excluding carboxylic acids is 1. The normalized spacial score (nSPS) is 29.1. The summed E-state index contributed by atoms with van der Waals surface area (Å²) >= 11 is 1.83. The van der Waals surface area contributed by atoms with Crippen LogP contribution in [0.3, 0.4) is 0 Å². The number of hydrogen-bond donors (Lipinski definition) is 1. The Balaban J connectivity index is 3.05.